The summed E-state index contributed by atoms with van der Waals surface area (Å²) in [5, 5.41) is 6.95. The predicted molar refractivity (Wildman–Crippen MR) is 58.5 cm³/mol. The minimum absolute atomic E-state index is 0.249. The molecule has 2 atom stereocenters. The van der Waals surface area contributed by atoms with Crippen molar-refractivity contribution in [2.75, 3.05) is 6.54 Å². The summed E-state index contributed by atoms with van der Waals surface area (Å²) in [6.07, 6.45) is 8.62. The molecular formula is C12H20N2O. The fourth-order valence-corrected chi connectivity index (χ4v) is 3.65. The summed E-state index contributed by atoms with van der Waals surface area (Å²) in [7, 11) is 0. The molecule has 0 aromatic carbocycles. The van der Waals surface area contributed by atoms with Crippen molar-refractivity contribution in [1.29, 1.82) is 0 Å². The van der Waals surface area contributed by atoms with E-state index < -0.39 is 0 Å². The molecule has 0 aromatic rings. The molecule has 3 fully saturated rings. The second-order valence-corrected chi connectivity index (χ2v) is 5.49. The van der Waals surface area contributed by atoms with Crippen molar-refractivity contribution in [3.05, 3.63) is 0 Å². The third kappa shape index (κ3) is 1.57. The van der Waals surface area contributed by atoms with E-state index in [4.69, 9.17) is 0 Å². The molecule has 3 heteroatoms. The first kappa shape index (κ1) is 9.64. The Labute approximate surface area is 91.0 Å². The second-order valence-electron chi connectivity index (χ2n) is 5.49. The number of hydrogen-bond acceptors (Lipinski definition) is 2. The molecule has 1 aliphatic heterocycles. The van der Waals surface area contributed by atoms with Gasteiger partial charge in [-0.3, -0.25) is 4.79 Å². The Morgan fingerprint density at radius 1 is 1.13 bits per heavy atom. The molecule has 3 nitrogen and oxygen atoms in total. The van der Waals surface area contributed by atoms with E-state index in [1.54, 1.807) is 0 Å². The summed E-state index contributed by atoms with van der Waals surface area (Å²) in [5.41, 5.74) is 0.249. The van der Waals surface area contributed by atoms with E-state index in [1.165, 1.54) is 38.5 Å². The summed E-state index contributed by atoms with van der Waals surface area (Å²) in [6, 6.07) is 0.464. The average Bonchev–Trinajstić information content (AvgIpc) is 2.83. The van der Waals surface area contributed by atoms with Crippen LogP contribution in [0.4, 0.5) is 0 Å². The lowest BCUT2D eigenvalue weighted by molar-refractivity contribution is -0.124. The smallest absolute Gasteiger partial charge is 0.224 e. The number of rotatable bonds is 0. The van der Waals surface area contributed by atoms with Crippen molar-refractivity contribution in [1.82, 2.24) is 10.6 Å². The summed E-state index contributed by atoms with van der Waals surface area (Å²) in [4.78, 5) is 11.9. The molecule has 0 bridgehead atoms. The first-order valence-corrected chi connectivity index (χ1v) is 6.35. The van der Waals surface area contributed by atoms with E-state index in [0.29, 0.717) is 11.9 Å². The first-order valence-electron chi connectivity index (χ1n) is 6.35. The van der Waals surface area contributed by atoms with Gasteiger partial charge in [-0.2, -0.15) is 0 Å². The highest BCUT2D eigenvalue weighted by atomic mass is 16.2. The van der Waals surface area contributed by atoms with Gasteiger partial charge in [-0.15, -0.1) is 0 Å². The fourth-order valence-electron chi connectivity index (χ4n) is 3.65. The molecule has 1 amide bonds. The molecule has 3 aliphatic rings. The van der Waals surface area contributed by atoms with Gasteiger partial charge in [0, 0.05) is 18.1 Å². The van der Waals surface area contributed by atoms with Gasteiger partial charge in [0.1, 0.15) is 0 Å². The fraction of sp³-hybridized carbons (Fsp3) is 0.917. The average molecular weight is 208 g/mol. The summed E-state index contributed by atoms with van der Waals surface area (Å²) < 4.78 is 0. The van der Waals surface area contributed by atoms with Crippen molar-refractivity contribution in [3.63, 3.8) is 0 Å². The predicted octanol–water partition coefficient (Wildman–Crippen LogP) is 1.19. The molecule has 84 valence electrons. The van der Waals surface area contributed by atoms with Crippen molar-refractivity contribution < 1.29 is 4.79 Å². The van der Waals surface area contributed by atoms with E-state index in [1.807, 2.05) is 0 Å². The third-order valence-electron chi connectivity index (χ3n) is 4.51. The van der Waals surface area contributed by atoms with Crippen molar-refractivity contribution >= 4 is 5.91 Å². The van der Waals surface area contributed by atoms with Crippen molar-refractivity contribution in [3.8, 4) is 0 Å². The largest absolute Gasteiger partial charge is 0.354 e. The van der Waals surface area contributed by atoms with Crippen LogP contribution in [0.25, 0.3) is 0 Å². The number of amides is 1. The molecule has 0 radical (unpaired) electrons. The minimum Gasteiger partial charge on any atom is -0.354 e. The monoisotopic (exact) mass is 208 g/mol. The van der Waals surface area contributed by atoms with Crippen LogP contribution in [0, 0.1) is 5.92 Å². The Morgan fingerprint density at radius 3 is 2.73 bits per heavy atom. The molecule has 3 rings (SSSR count). The van der Waals surface area contributed by atoms with Gasteiger partial charge in [-0.1, -0.05) is 19.3 Å². The molecule has 2 unspecified atom stereocenters. The molecule has 2 aliphatic carbocycles. The van der Waals surface area contributed by atoms with Crippen LogP contribution in [-0.4, -0.2) is 24.0 Å². The second kappa shape index (κ2) is 3.48. The number of nitrogens with one attached hydrogen (secondary N) is 2. The standard InChI is InChI=1S/C12H20N2O/c15-11-9-4-3-5-10(9)14-12(8-13-11)6-1-2-7-12/h9-10,14H,1-8H2,(H,13,15). The van der Waals surface area contributed by atoms with Gasteiger partial charge in [0.05, 0.1) is 5.92 Å². The van der Waals surface area contributed by atoms with Gasteiger partial charge in [0.15, 0.2) is 0 Å². The van der Waals surface area contributed by atoms with Gasteiger partial charge in [0.25, 0.3) is 0 Å². The van der Waals surface area contributed by atoms with Crippen LogP contribution in [0.5, 0.6) is 0 Å². The molecule has 1 spiro atoms. The van der Waals surface area contributed by atoms with E-state index in [2.05, 4.69) is 10.6 Å². The quantitative estimate of drug-likeness (QED) is 0.628. The Bertz CT molecular complexity index is 271. The number of carbonyl (C=O) groups excluding carboxylic acids is 1. The van der Waals surface area contributed by atoms with Gasteiger partial charge in [-0.05, 0) is 25.7 Å². The highest BCUT2D eigenvalue weighted by molar-refractivity contribution is 5.80. The lowest BCUT2D eigenvalue weighted by atomic mass is 9.95. The third-order valence-corrected chi connectivity index (χ3v) is 4.51. The Kier molecular flexibility index (Phi) is 2.23. The van der Waals surface area contributed by atoms with E-state index >= 15 is 0 Å². The number of carbonyl (C=O) groups is 1. The Hall–Kier alpha value is -0.570. The van der Waals surface area contributed by atoms with Crippen LogP contribution in [0.15, 0.2) is 0 Å². The van der Waals surface area contributed by atoms with Crippen LogP contribution in [0.3, 0.4) is 0 Å². The van der Waals surface area contributed by atoms with Crippen LogP contribution < -0.4 is 10.6 Å². The van der Waals surface area contributed by atoms with Crippen LogP contribution in [-0.2, 0) is 4.79 Å². The molecule has 15 heavy (non-hydrogen) atoms. The maximum Gasteiger partial charge on any atom is 0.224 e. The molecule has 2 N–H and O–H groups in total. The van der Waals surface area contributed by atoms with Gasteiger partial charge >= 0.3 is 0 Å². The lowest BCUT2D eigenvalue weighted by Crippen LogP contribution is -2.51. The van der Waals surface area contributed by atoms with Crippen LogP contribution in [0.2, 0.25) is 0 Å². The summed E-state index contributed by atoms with van der Waals surface area (Å²) in [5.74, 6) is 0.554. The van der Waals surface area contributed by atoms with Crippen molar-refractivity contribution in [2.24, 2.45) is 5.92 Å². The number of hydrogen-bond donors (Lipinski definition) is 2. The van der Waals surface area contributed by atoms with Crippen LogP contribution >= 0.6 is 0 Å². The first-order chi connectivity index (χ1) is 7.29. The van der Waals surface area contributed by atoms with Crippen LogP contribution in [0.1, 0.15) is 44.9 Å². The topological polar surface area (TPSA) is 41.1 Å². The van der Waals surface area contributed by atoms with E-state index in [9.17, 15) is 4.79 Å². The SMILES string of the molecule is O=C1NCC2(CCCC2)NC2CCCC12. The zero-order valence-corrected chi connectivity index (χ0v) is 9.22. The van der Waals surface area contributed by atoms with E-state index in [-0.39, 0.29) is 11.5 Å². The minimum atomic E-state index is 0.249. The summed E-state index contributed by atoms with van der Waals surface area (Å²) >= 11 is 0. The van der Waals surface area contributed by atoms with E-state index in [0.717, 1.165) is 13.0 Å². The van der Waals surface area contributed by atoms with Crippen molar-refractivity contribution in [2.45, 2.75) is 56.5 Å². The molecule has 1 saturated heterocycles. The molecule has 2 saturated carbocycles. The maximum absolute atomic E-state index is 11.9. The Morgan fingerprint density at radius 2 is 1.93 bits per heavy atom. The Balaban J connectivity index is 1.82. The lowest BCUT2D eigenvalue weighted by Gasteiger charge is -2.31. The van der Waals surface area contributed by atoms with Gasteiger partial charge < -0.3 is 10.6 Å². The molecule has 0 aromatic heterocycles. The zero-order chi connectivity index (χ0) is 10.3. The highest BCUT2D eigenvalue weighted by Gasteiger charge is 2.44. The summed E-state index contributed by atoms with van der Waals surface area (Å²) in [6.45, 7) is 0.860. The maximum atomic E-state index is 11.9. The van der Waals surface area contributed by atoms with Gasteiger partial charge in [0.2, 0.25) is 5.91 Å². The normalized spacial score (nSPS) is 38.8. The number of fused-ring (bicyclic) bond motifs is 1. The highest BCUT2D eigenvalue weighted by Crippen LogP contribution is 2.36. The van der Waals surface area contributed by atoms with Gasteiger partial charge in [-0.25, -0.2) is 0 Å². The molecular weight excluding hydrogens is 188 g/mol. The zero-order valence-electron chi connectivity index (χ0n) is 9.22. The molecule has 1 heterocycles.